The molecule has 0 unspecified atom stereocenters. The Bertz CT molecular complexity index is 1660. The number of carbonyl (C=O) groups is 2. The first-order valence-corrected chi connectivity index (χ1v) is 13.0. The number of aryl methyl sites for hydroxylation is 1. The van der Waals surface area contributed by atoms with Crippen LogP contribution in [0.3, 0.4) is 0 Å². The highest BCUT2D eigenvalue weighted by molar-refractivity contribution is 5.87. The van der Waals surface area contributed by atoms with E-state index in [1.807, 2.05) is 0 Å². The Morgan fingerprint density at radius 1 is 1.05 bits per heavy atom. The summed E-state index contributed by atoms with van der Waals surface area (Å²) in [5.74, 6) is 1.38. The van der Waals surface area contributed by atoms with Gasteiger partial charge in [0.15, 0.2) is 5.82 Å². The molecule has 1 aromatic carbocycles. The summed E-state index contributed by atoms with van der Waals surface area (Å²) in [5, 5.41) is 9.81. The van der Waals surface area contributed by atoms with Gasteiger partial charge in [-0.25, -0.2) is 9.97 Å². The van der Waals surface area contributed by atoms with Gasteiger partial charge in [-0.05, 0) is 31.0 Å². The van der Waals surface area contributed by atoms with Crippen molar-refractivity contribution in [2.75, 3.05) is 23.7 Å². The van der Waals surface area contributed by atoms with Gasteiger partial charge in [0.2, 0.25) is 17.8 Å². The number of rotatable bonds is 6. The van der Waals surface area contributed by atoms with Crippen molar-refractivity contribution in [1.29, 1.82) is 0 Å². The number of imidazole rings is 1. The molecule has 2 fully saturated rings. The van der Waals surface area contributed by atoms with E-state index in [0.29, 0.717) is 60.2 Å². The average Bonchev–Trinajstić information content (AvgIpc) is 3.38. The van der Waals surface area contributed by atoms with Gasteiger partial charge in [0.05, 0.1) is 17.1 Å². The van der Waals surface area contributed by atoms with Crippen molar-refractivity contribution in [2.24, 2.45) is 12.5 Å². The highest BCUT2D eigenvalue weighted by Crippen LogP contribution is 2.55. The topological polar surface area (TPSA) is 119 Å². The smallest absolute Gasteiger partial charge is 0.433 e. The van der Waals surface area contributed by atoms with E-state index in [1.54, 1.807) is 46.8 Å². The number of carbonyl (C=O) groups excluding carboxylic acids is 2. The molecular weight excluding hydrogens is 541 g/mol. The standard InChI is InChI=1S/C27H27F3N8O3/c1-15(39)32-23-9-19(6-7-31-23)41-18-4-5-20-21(8-18)36(3)25(33-20)34-24-10-22(27(28,29)30)38(35-24)17-11-26(12-17)13-37(14-26)16(2)40/h4-10,17H,11-14H2,1-3H3,(H,31,32,39)(H,33,34,35). The largest absolute Gasteiger partial charge is 0.457 e. The number of aromatic nitrogens is 5. The van der Waals surface area contributed by atoms with Crippen molar-refractivity contribution in [3.63, 3.8) is 0 Å². The minimum Gasteiger partial charge on any atom is -0.457 e. The lowest BCUT2D eigenvalue weighted by Crippen LogP contribution is -2.63. The van der Waals surface area contributed by atoms with Crippen molar-refractivity contribution >= 4 is 40.4 Å². The highest BCUT2D eigenvalue weighted by Gasteiger charge is 2.55. The predicted octanol–water partition coefficient (Wildman–Crippen LogP) is 4.86. The molecule has 0 atom stereocenters. The minimum absolute atomic E-state index is 0.0183. The van der Waals surface area contributed by atoms with Crippen LogP contribution < -0.4 is 15.4 Å². The first-order chi connectivity index (χ1) is 19.4. The van der Waals surface area contributed by atoms with Crippen LogP contribution in [0.4, 0.5) is 30.8 Å². The number of ether oxygens (including phenoxy) is 1. The summed E-state index contributed by atoms with van der Waals surface area (Å²) in [7, 11) is 1.73. The maximum absolute atomic E-state index is 13.9. The normalized spacial score (nSPS) is 16.4. The molecule has 1 spiro atoms. The van der Waals surface area contributed by atoms with Crippen molar-refractivity contribution in [3.8, 4) is 11.5 Å². The Morgan fingerprint density at radius 2 is 1.78 bits per heavy atom. The molecule has 0 bridgehead atoms. The summed E-state index contributed by atoms with van der Waals surface area (Å²) < 4.78 is 50.5. The molecule has 14 heteroatoms. The lowest BCUT2D eigenvalue weighted by molar-refractivity contribution is -0.158. The predicted molar refractivity (Wildman–Crippen MR) is 143 cm³/mol. The average molecular weight is 569 g/mol. The Balaban J connectivity index is 1.21. The summed E-state index contributed by atoms with van der Waals surface area (Å²) in [6.07, 6.45) is -1.98. The van der Waals surface area contributed by atoms with Crippen molar-refractivity contribution in [1.82, 2.24) is 29.2 Å². The fourth-order valence-electron chi connectivity index (χ4n) is 5.62. The Labute approximate surface area is 232 Å². The highest BCUT2D eigenvalue weighted by atomic mass is 19.4. The molecule has 1 aliphatic heterocycles. The van der Waals surface area contributed by atoms with Crippen LogP contribution in [0.5, 0.6) is 11.5 Å². The molecule has 1 saturated carbocycles. The molecule has 6 rings (SSSR count). The fourth-order valence-corrected chi connectivity index (χ4v) is 5.62. The summed E-state index contributed by atoms with van der Waals surface area (Å²) in [5.41, 5.74) is 0.343. The maximum atomic E-state index is 13.9. The van der Waals surface area contributed by atoms with E-state index in [-0.39, 0.29) is 23.0 Å². The zero-order valence-electron chi connectivity index (χ0n) is 22.5. The summed E-state index contributed by atoms with van der Waals surface area (Å²) in [6, 6.07) is 9.05. The van der Waals surface area contributed by atoms with Crippen LogP contribution in [-0.2, 0) is 22.8 Å². The van der Waals surface area contributed by atoms with Gasteiger partial charge >= 0.3 is 6.18 Å². The van der Waals surface area contributed by atoms with E-state index in [4.69, 9.17) is 4.74 Å². The molecule has 11 nitrogen and oxygen atoms in total. The third-order valence-electron chi connectivity index (χ3n) is 7.57. The number of nitrogens with one attached hydrogen (secondary N) is 2. The van der Waals surface area contributed by atoms with Gasteiger partial charge in [0, 0.05) is 63.8 Å². The monoisotopic (exact) mass is 568 g/mol. The van der Waals surface area contributed by atoms with Gasteiger partial charge < -0.3 is 24.8 Å². The van der Waals surface area contributed by atoms with E-state index in [1.165, 1.54) is 20.0 Å². The van der Waals surface area contributed by atoms with Crippen LogP contribution in [0.1, 0.15) is 38.4 Å². The number of nitrogens with zero attached hydrogens (tertiary/aromatic N) is 6. The second-order valence-corrected chi connectivity index (χ2v) is 10.7. The molecule has 4 heterocycles. The Kier molecular flexibility index (Phi) is 6.16. The van der Waals surface area contributed by atoms with E-state index >= 15 is 0 Å². The zero-order chi connectivity index (χ0) is 29.1. The molecule has 214 valence electrons. The van der Waals surface area contributed by atoms with E-state index in [9.17, 15) is 22.8 Å². The van der Waals surface area contributed by atoms with Gasteiger partial charge in [0.1, 0.15) is 23.0 Å². The van der Waals surface area contributed by atoms with Crippen LogP contribution in [0, 0.1) is 5.41 Å². The van der Waals surface area contributed by atoms with Gasteiger partial charge in [0.25, 0.3) is 0 Å². The van der Waals surface area contributed by atoms with Crippen LogP contribution >= 0.6 is 0 Å². The van der Waals surface area contributed by atoms with Crippen LogP contribution in [0.15, 0.2) is 42.6 Å². The molecule has 4 aromatic rings. The second kappa shape index (κ2) is 9.49. The summed E-state index contributed by atoms with van der Waals surface area (Å²) in [6.45, 7) is 4.04. The molecular formula is C27H27F3N8O3. The molecule has 3 aromatic heterocycles. The number of fused-ring (bicyclic) bond motifs is 1. The fraction of sp³-hybridized carbons (Fsp3) is 0.370. The SMILES string of the molecule is CC(=O)Nc1cc(Oc2ccc3nc(Nc4cc(C(F)(F)F)n(C5CC6(C5)CN(C(C)=O)C6)n4)n(C)c3c2)ccn1. The third-order valence-corrected chi connectivity index (χ3v) is 7.57. The molecule has 2 aliphatic rings. The number of hydrogen-bond acceptors (Lipinski definition) is 7. The second-order valence-electron chi connectivity index (χ2n) is 10.7. The number of alkyl halides is 3. The number of likely N-dealkylation sites (tertiary alicyclic amines) is 1. The van der Waals surface area contributed by atoms with E-state index in [0.717, 1.165) is 10.7 Å². The lowest BCUT2D eigenvalue weighted by atomic mass is 9.60. The molecule has 41 heavy (non-hydrogen) atoms. The Hall–Kier alpha value is -4.62. The van der Waals surface area contributed by atoms with Crippen LogP contribution in [0.25, 0.3) is 11.0 Å². The number of amides is 2. The zero-order valence-corrected chi connectivity index (χ0v) is 22.5. The van der Waals surface area contributed by atoms with Gasteiger partial charge in [-0.1, -0.05) is 0 Å². The van der Waals surface area contributed by atoms with Gasteiger partial charge in [-0.3, -0.25) is 14.3 Å². The molecule has 0 radical (unpaired) electrons. The summed E-state index contributed by atoms with van der Waals surface area (Å²) >= 11 is 0. The van der Waals surface area contributed by atoms with Crippen molar-refractivity contribution < 1.29 is 27.5 Å². The molecule has 1 aliphatic carbocycles. The number of anilines is 3. The minimum atomic E-state index is -4.58. The molecule has 2 N–H and O–H groups in total. The number of halogens is 3. The number of pyridine rings is 1. The van der Waals surface area contributed by atoms with Crippen molar-refractivity contribution in [2.45, 2.75) is 38.9 Å². The first-order valence-electron chi connectivity index (χ1n) is 13.0. The Morgan fingerprint density at radius 3 is 2.46 bits per heavy atom. The van der Waals surface area contributed by atoms with Gasteiger partial charge in [-0.2, -0.15) is 18.3 Å². The first kappa shape index (κ1) is 26.6. The quantitative estimate of drug-likeness (QED) is 0.341. The van der Waals surface area contributed by atoms with E-state index in [2.05, 4.69) is 25.7 Å². The number of hydrogen-bond donors (Lipinski definition) is 2. The van der Waals surface area contributed by atoms with Crippen LogP contribution in [-0.4, -0.2) is 54.1 Å². The van der Waals surface area contributed by atoms with Gasteiger partial charge in [-0.15, -0.1) is 0 Å². The van der Waals surface area contributed by atoms with Crippen LogP contribution in [0.2, 0.25) is 0 Å². The molecule has 2 amide bonds. The molecule has 1 saturated heterocycles. The van der Waals surface area contributed by atoms with E-state index < -0.39 is 17.9 Å². The third kappa shape index (κ3) is 5.05. The van der Waals surface area contributed by atoms with Crippen molar-refractivity contribution in [3.05, 3.63) is 48.3 Å². The maximum Gasteiger partial charge on any atom is 0.433 e. The number of benzene rings is 1. The lowest BCUT2D eigenvalue weighted by Gasteiger charge is -2.58. The summed E-state index contributed by atoms with van der Waals surface area (Å²) in [4.78, 5) is 33.1.